The number of carbonyl (C=O) groups is 1. The first-order valence-corrected chi connectivity index (χ1v) is 4.13. The van der Waals surface area contributed by atoms with E-state index in [9.17, 15) is 4.79 Å². The summed E-state index contributed by atoms with van der Waals surface area (Å²) < 4.78 is 0. The van der Waals surface area contributed by atoms with Crippen molar-refractivity contribution in [2.75, 3.05) is 0 Å². The van der Waals surface area contributed by atoms with Gasteiger partial charge in [0.05, 0.1) is 11.1 Å². The number of hydrogen-bond donors (Lipinski definition) is 2. The number of nitriles is 1. The van der Waals surface area contributed by atoms with Gasteiger partial charge in [0.25, 0.3) is 0 Å². The Morgan fingerprint density at radius 2 is 2.29 bits per heavy atom. The average molecular weight is 211 g/mol. The molecule has 0 aromatic heterocycles. The Labute approximate surface area is 85.5 Å². The highest BCUT2D eigenvalue weighted by atomic mass is 35.5. The quantitative estimate of drug-likeness (QED) is 0.772. The number of nitrogens with two attached hydrogens (primary N) is 1. The second-order valence-electron chi connectivity index (χ2n) is 2.61. The van der Waals surface area contributed by atoms with Gasteiger partial charge in [-0.25, -0.2) is 4.79 Å². The minimum atomic E-state index is -1.17. The molecule has 4 nitrogen and oxygen atoms in total. The topological polar surface area (TPSA) is 87.1 Å². The van der Waals surface area contributed by atoms with E-state index in [0.29, 0.717) is 10.6 Å². The van der Waals surface area contributed by atoms with Gasteiger partial charge in [-0.15, -0.1) is 0 Å². The molecule has 0 saturated carbocycles. The lowest BCUT2D eigenvalue weighted by molar-refractivity contribution is 0.0695. The maximum atomic E-state index is 10.8. The highest BCUT2D eigenvalue weighted by Gasteiger charge is 2.15. The fourth-order valence-electron chi connectivity index (χ4n) is 1.17. The van der Waals surface area contributed by atoms with E-state index in [1.165, 1.54) is 12.1 Å². The molecular weight excluding hydrogens is 204 g/mol. The molecule has 0 aliphatic rings. The number of aromatic carboxylic acids is 1. The molecular formula is C9H7ClN2O2. The van der Waals surface area contributed by atoms with Gasteiger partial charge in [0.2, 0.25) is 0 Å². The zero-order valence-corrected chi connectivity index (χ0v) is 7.88. The summed E-state index contributed by atoms with van der Waals surface area (Å²) >= 11 is 5.68. The Bertz CT molecular complexity index is 424. The van der Waals surface area contributed by atoms with Crippen molar-refractivity contribution in [3.63, 3.8) is 0 Å². The molecule has 72 valence electrons. The van der Waals surface area contributed by atoms with E-state index < -0.39 is 5.97 Å². The Morgan fingerprint density at radius 3 is 2.71 bits per heavy atom. The fraction of sp³-hybridized carbons (Fsp3) is 0.111. The third kappa shape index (κ3) is 1.84. The van der Waals surface area contributed by atoms with Crippen LogP contribution in [0.2, 0.25) is 5.02 Å². The minimum Gasteiger partial charge on any atom is -0.478 e. The van der Waals surface area contributed by atoms with Crippen molar-refractivity contribution in [1.82, 2.24) is 0 Å². The molecule has 0 aliphatic heterocycles. The van der Waals surface area contributed by atoms with Crippen LogP contribution in [0.5, 0.6) is 0 Å². The number of hydrogen-bond acceptors (Lipinski definition) is 3. The van der Waals surface area contributed by atoms with Crippen molar-refractivity contribution in [1.29, 1.82) is 5.26 Å². The van der Waals surface area contributed by atoms with E-state index >= 15 is 0 Å². The zero-order chi connectivity index (χ0) is 10.7. The van der Waals surface area contributed by atoms with E-state index in [4.69, 9.17) is 27.7 Å². The van der Waals surface area contributed by atoms with Gasteiger partial charge in [-0.05, 0) is 17.7 Å². The van der Waals surface area contributed by atoms with E-state index in [1.807, 2.05) is 0 Å². The second kappa shape index (κ2) is 4.09. The van der Waals surface area contributed by atoms with Crippen molar-refractivity contribution in [2.24, 2.45) is 5.73 Å². The van der Waals surface area contributed by atoms with Gasteiger partial charge in [-0.2, -0.15) is 5.26 Å². The van der Waals surface area contributed by atoms with Crippen LogP contribution in [0.15, 0.2) is 12.1 Å². The molecule has 0 bridgehead atoms. The minimum absolute atomic E-state index is 0.0328. The maximum absolute atomic E-state index is 10.8. The monoisotopic (exact) mass is 210 g/mol. The van der Waals surface area contributed by atoms with Gasteiger partial charge in [-0.3, -0.25) is 0 Å². The van der Waals surface area contributed by atoms with Crippen LogP contribution in [0.25, 0.3) is 0 Å². The maximum Gasteiger partial charge on any atom is 0.337 e. The van der Waals surface area contributed by atoms with E-state index in [1.54, 1.807) is 6.07 Å². The molecule has 0 atom stereocenters. The van der Waals surface area contributed by atoms with Gasteiger partial charge in [0.15, 0.2) is 0 Å². The molecule has 1 rings (SSSR count). The van der Waals surface area contributed by atoms with Crippen LogP contribution in [-0.2, 0) is 6.54 Å². The van der Waals surface area contributed by atoms with Crippen molar-refractivity contribution in [3.8, 4) is 6.07 Å². The van der Waals surface area contributed by atoms with Crippen LogP contribution in [0, 0.1) is 11.3 Å². The molecule has 0 aliphatic carbocycles. The first-order valence-electron chi connectivity index (χ1n) is 3.76. The zero-order valence-electron chi connectivity index (χ0n) is 7.12. The highest BCUT2D eigenvalue weighted by Crippen LogP contribution is 2.20. The SMILES string of the molecule is N#Cc1cc(Cl)cc(CN)c1C(=O)O. The first-order chi connectivity index (χ1) is 6.60. The average Bonchev–Trinajstić information content (AvgIpc) is 2.15. The molecule has 0 radical (unpaired) electrons. The third-order valence-corrected chi connectivity index (χ3v) is 1.96. The van der Waals surface area contributed by atoms with Crippen LogP contribution < -0.4 is 5.73 Å². The third-order valence-electron chi connectivity index (χ3n) is 1.74. The Balaban J connectivity index is 3.50. The summed E-state index contributed by atoms with van der Waals surface area (Å²) in [6.07, 6.45) is 0. The van der Waals surface area contributed by atoms with E-state index in [-0.39, 0.29) is 17.7 Å². The lowest BCUT2D eigenvalue weighted by Crippen LogP contribution is -2.09. The number of carboxylic acids is 1. The molecule has 3 N–H and O–H groups in total. The second-order valence-corrected chi connectivity index (χ2v) is 3.04. The van der Waals surface area contributed by atoms with Crippen LogP contribution in [0.3, 0.4) is 0 Å². The summed E-state index contributed by atoms with van der Waals surface area (Å²) in [4.78, 5) is 10.8. The lowest BCUT2D eigenvalue weighted by Gasteiger charge is -2.05. The van der Waals surface area contributed by atoms with Crippen LogP contribution in [-0.4, -0.2) is 11.1 Å². The molecule has 0 fully saturated rings. The van der Waals surface area contributed by atoms with Gasteiger partial charge >= 0.3 is 5.97 Å². The van der Waals surface area contributed by atoms with Gasteiger partial charge in [0.1, 0.15) is 6.07 Å². The molecule has 14 heavy (non-hydrogen) atoms. The predicted molar refractivity (Wildman–Crippen MR) is 51.0 cm³/mol. The molecule has 1 aromatic rings. The van der Waals surface area contributed by atoms with Crippen LogP contribution >= 0.6 is 11.6 Å². The molecule has 0 unspecified atom stereocenters. The molecule has 0 amide bonds. The molecule has 0 saturated heterocycles. The van der Waals surface area contributed by atoms with Crippen molar-refractivity contribution < 1.29 is 9.90 Å². The Morgan fingerprint density at radius 1 is 1.64 bits per heavy atom. The fourth-order valence-corrected chi connectivity index (χ4v) is 1.41. The lowest BCUT2D eigenvalue weighted by atomic mass is 10.0. The number of carboxylic acid groups (broad SMARTS) is 1. The van der Waals surface area contributed by atoms with Crippen molar-refractivity contribution in [2.45, 2.75) is 6.54 Å². The number of rotatable bonds is 2. The number of benzene rings is 1. The van der Waals surface area contributed by atoms with Gasteiger partial charge in [0, 0.05) is 11.6 Å². The van der Waals surface area contributed by atoms with Crippen molar-refractivity contribution in [3.05, 3.63) is 33.8 Å². The normalized spacial score (nSPS) is 9.50. The summed E-state index contributed by atoms with van der Waals surface area (Å²) in [5.74, 6) is -1.17. The molecule has 1 aromatic carbocycles. The summed E-state index contributed by atoms with van der Waals surface area (Å²) in [6.45, 7) is 0.0386. The first kappa shape index (κ1) is 10.5. The molecule has 0 spiro atoms. The summed E-state index contributed by atoms with van der Waals surface area (Å²) in [6, 6.07) is 4.53. The standard InChI is InChI=1S/C9H7ClN2O2/c10-7-1-5(3-11)8(9(13)14)6(2-7)4-12/h1-2H,3,11H2,(H,13,14). The Hall–Kier alpha value is -1.57. The summed E-state index contributed by atoms with van der Waals surface area (Å²) in [5.41, 5.74) is 5.67. The van der Waals surface area contributed by atoms with E-state index in [0.717, 1.165) is 0 Å². The van der Waals surface area contributed by atoms with Crippen LogP contribution in [0.1, 0.15) is 21.5 Å². The summed E-state index contributed by atoms with van der Waals surface area (Å²) in [5, 5.41) is 17.9. The van der Waals surface area contributed by atoms with Crippen molar-refractivity contribution >= 4 is 17.6 Å². The van der Waals surface area contributed by atoms with E-state index in [2.05, 4.69) is 0 Å². The molecule has 0 heterocycles. The largest absolute Gasteiger partial charge is 0.478 e. The Kier molecular flexibility index (Phi) is 3.07. The summed E-state index contributed by atoms with van der Waals surface area (Å²) in [7, 11) is 0. The van der Waals surface area contributed by atoms with Gasteiger partial charge in [-0.1, -0.05) is 11.6 Å². The van der Waals surface area contributed by atoms with Crippen LogP contribution in [0.4, 0.5) is 0 Å². The highest BCUT2D eigenvalue weighted by molar-refractivity contribution is 6.31. The predicted octanol–water partition coefficient (Wildman–Crippen LogP) is 1.37. The smallest absolute Gasteiger partial charge is 0.337 e. The number of nitrogens with zero attached hydrogens (tertiary/aromatic N) is 1. The van der Waals surface area contributed by atoms with Gasteiger partial charge < -0.3 is 10.8 Å². The number of halogens is 1. The molecule has 5 heteroatoms.